The molecule has 2 aliphatic rings. The van der Waals surface area contributed by atoms with E-state index in [1.54, 1.807) is 20.8 Å². The molecule has 17 heteroatoms. The van der Waals surface area contributed by atoms with E-state index < -0.39 is 58.7 Å². The van der Waals surface area contributed by atoms with Crippen molar-refractivity contribution in [1.29, 1.82) is 0 Å². The molecule has 1 saturated heterocycles. The van der Waals surface area contributed by atoms with Crippen LogP contribution in [-0.4, -0.2) is 86.0 Å². The number of anilines is 1. The van der Waals surface area contributed by atoms with E-state index >= 15 is 0 Å². The summed E-state index contributed by atoms with van der Waals surface area (Å²) in [6, 6.07) is -3.31. The largest absolute Gasteiger partial charge is 0.477 e. The monoisotopic (exact) mass is 569 g/mol. The number of aromatic nitrogens is 1. The number of thiazole rings is 1. The lowest BCUT2D eigenvalue weighted by Gasteiger charge is -2.49. The third-order valence-corrected chi connectivity index (χ3v) is 7.06. The highest BCUT2D eigenvalue weighted by atomic mass is 32.2. The highest BCUT2D eigenvalue weighted by Gasteiger charge is 2.55. The predicted octanol–water partition coefficient (Wildman–Crippen LogP) is 1.11. The van der Waals surface area contributed by atoms with Crippen LogP contribution in [0.3, 0.4) is 0 Å². The second kappa shape index (κ2) is 11.3. The lowest BCUT2D eigenvalue weighted by Crippen LogP contribution is -2.71. The lowest BCUT2D eigenvalue weighted by atomic mass is 10.0. The maximum absolute atomic E-state index is 12.7. The average molecular weight is 570 g/mol. The van der Waals surface area contributed by atoms with Gasteiger partial charge in [-0.1, -0.05) is 0 Å². The van der Waals surface area contributed by atoms with Gasteiger partial charge in [0.15, 0.2) is 5.13 Å². The molecule has 1 aromatic heterocycles. The van der Waals surface area contributed by atoms with Crippen molar-refractivity contribution in [2.75, 3.05) is 17.7 Å². The van der Waals surface area contributed by atoms with Gasteiger partial charge in [0.2, 0.25) is 11.8 Å². The van der Waals surface area contributed by atoms with Gasteiger partial charge in [0.05, 0.1) is 0 Å². The molecule has 0 aromatic carbocycles. The summed E-state index contributed by atoms with van der Waals surface area (Å²) in [5.41, 5.74) is -1.26. The Kier molecular flexibility index (Phi) is 8.51. The minimum atomic E-state index is -2.09. The van der Waals surface area contributed by atoms with Crippen molar-refractivity contribution in [1.82, 2.24) is 15.2 Å². The van der Waals surface area contributed by atoms with Gasteiger partial charge in [0, 0.05) is 23.6 Å². The van der Waals surface area contributed by atoms with Crippen LogP contribution in [0.25, 0.3) is 0 Å². The Bertz CT molecular complexity index is 1240. The van der Waals surface area contributed by atoms with E-state index in [0.717, 1.165) is 34.9 Å². The molecular formula is C21H23N5O10S2. The number of nitrogens with zero attached hydrogens (tertiary/aromatic N) is 3. The van der Waals surface area contributed by atoms with E-state index in [1.165, 1.54) is 5.38 Å². The number of carbonyl (C=O) groups excluding carboxylic acids is 5. The number of aliphatic carboxylic acids is 1. The Balaban J connectivity index is 1.67. The first-order valence-electron chi connectivity index (χ1n) is 10.9. The molecule has 204 valence electrons. The van der Waals surface area contributed by atoms with E-state index in [9.17, 15) is 38.8 Å². The van der Waals surface area contributed by atoms with Crippen LogP contribution in [0, 0.1) is 4.91 Å². The third-order valence-electron chi connectivity index (χ3n) is 4.96. The van der Waals surface area contributed by atoms with Crippen LogP contribution >= 0.6 is 23.1 Å². The summed E-state index contributed by atoms with van der Waals surface area (Å²) in [6.07, 6.45) is -0.822. The Morgan fingerprint density at radius 3 is 2.55 bits per heavy atom. The minimum absolute atomic E-state index is 0.0198. The molecule has 3 atom stereocenters. The Morgan fingerprint density at radius 1 is 1.29 bits per heavy atom. The zero-order valence-electron chi connectivity index (χ0n) is 20.5. The number of carbonyl (C=O) groups is 6. The molecule has 3 amide bonds. The van der Waals surface area contributed by atoms with Crippen molar-refractivity contribution in [3.8, 4) is 0 Å². The number of Topliss-reactive ketones (excluding diaryl/α,β-unsaturated/α-hetero) is 1. The van der Waals surface area contributed by atoms with Gasteiger partial charge >= 0.3 is 18.0 Å². The van der Waals surface area contributed by atoms with E-state index in [0.29, 0.717) is 0 Å². The molecule has 1 unspecified atom stereocenters. The molecule has 15 nitrogen and oxygen atoms in total. The van der Waals surface area contributed by atoms with Crippen LogP contribution in [0.4, 0.5) is 9.93 Å². The molecular weight excluding hydrogens is 546 g/mol. The van der Waals surface area contributed by atoms with Crippen LogP contribution in [0.15, 0.2) is 21.8 Å². The number of ether oxygens (including phenoxy) is 2. The Labute approximate surface area is 223 Å². The van der Waals surface area contributed by atoms with Crippen molar-refractivity contribution in [3.63, 3.8) is 0 Å². The van der Waals surface area contributed by atoms with Gasteiger partial charge in [0.25, 0.3) is 11.8 Å². The molecule has 3 heterocycles. The fraction of sp³-hybridized carbons (Fsp3) is 0.476. The first-order valence-corrected chi connectivity index (χ1v) is 12.8. The number of ketones is 1. The van der Waals surface area contributed by atoms with Gasteiger partial charge in [-0.25, -0.2) is 14.6 Å². The number of hydrogen-bond acceptors (Lipinski definition) is 13. The third kappa shape index (κ3) is 6.34. The quantitative estimate of drug-likeness (QED) is 0.125. The number of rotatable bonds is 9. The normalized spacial score (nSPS) is 19.5. The van der Waals surface area contributed by atoms with Gasteiger partial charge in [-0.05, 0) is 25.9 Å². The molecule has 0 spiro atoms. The predicted molar refractivity (Wildman–Crippen MR) is 132 cm³/mol. The number of nitroso groups, excluding NO2 is 1. The zero-order chi connectivity index (χ0) is 28.4. The molecule has 38 heavy (non-hydrogen) atoms. The van der Waals surface area contributed by atoms with E-state index in [1.807, 2.05) is 0 Å². The standard InChI is InChI=1S/C21H23N5O10S2/c1-8(27)35-5-9-6-37-17-12(16(30)26(17)13(9)18(31)32)23-15(29)11(25-34)14(28)10-7-38-19(22-10)24-20(33)36-21(2,3)4/h7,11-12,17H,5-6H2,1-4H3,(H,23,29)(H,31,32)(H,22,24,33)/t11?,12-,17+/m1/s1. The number of amides is 3. The summed E-state index contributed by atoms with van der Waals surface area (Å²) in [4.78, 5) is 89.1. The zero-order valence-corrected chi connectivity index (χ0v) is 22.1. The molecule has 3 N–H and O–H groups in total. The number of fused-ring (bicyclic) bond motifs is 1. The highest BCUT2D eigenvalue weighted by molar-refractivity contribution is 8.00. The first-order chi connectivity index (χ1) is 17.7. The van der Waals surface area contributed by atoms with Crippen LogP contribution < -0.4 is 10.6 Å². The van der Waals surface area contributed by atoms with Crippen molar-refractivity contribution < 1.29 is 43.3 Å². The molecule has 0 bridgehead atoms. The fourth-order valence-electron chi connectivity index (χ4n) is 3.41. The number of carboxylic acid groups (broad SMARTS) is 1. The van der Waals surface area contributed by atoms with Crippen LogP contribution in [0.5, 0.6) is 0 Å². The van der Waals surface area contributed by atoms with Gasteiger partial charge < -0.3 is 19.9 Å². The number of thioether (sulfide) groups is 1. The molecule has 1 aromatic rings. The number of esters is 1. The molecule has 3 rings (SSSR count). The maximum atomic E-state index is 12.7. The summed E-state index contributed by atoms with van der Waals surface area (Å²) in [6.45, 7) is 5.80. The van der Waals surface area contributed by atoms with Gasteiger partial charge in [-0.3, -0.25) is 29.4 Å². The highest BCUT2D eigenvalue weighted by Crippen LogP contribution is 2.40. The molecule has 2 aliphatic heterocycles. The average Bonchev–Trinajstić information content (AvgIpc) is 3.27. The summed E-state index contributed by atoms with van der Waals surface area (Å²) >= 11 is 1.96. The second-order valence-electron chi connectivity index (χ2n) is 8.97. The summed E-state index contributed by atoms with van der Waals surface area (Å²) in [5, 5.41) is 17.1. The molecule has 0 saturated carbocycles. The van der Waals surface area contributed by atoms with Crippen LogP contribution in [-0.2, 0) is 28.7 Å². The van der Waals surface area contributed by atoms with E-state index in [-0.39, 0.29) is 34.5 Å². The minimum Gasteiger partial charge on any atom is -0.477 e. The van der Waals surface area contributed by atoms with Crippen molar-refractivity contribution in [2.24, 2.45) is 5.18 Å². The van der Waals surface area contributed by atoms with Gasteiger partial charge in [0.1, 0.15) is 35.0 Å². The van der Waals surface area contributed by atoms with Gasteiger partial charge in [-0.2, -0.15) is 0 Å². The lowest BCUT2D eigenvalue weighted by molar-refractivity contribution is -0.151. The van der Waals surface area contributed by atoms with E-state index in [2.05, 4.69) is 20.8 Å². The number of nitrogens with one attached hydrogen (secondary N) is 2. The molecule has 0 aliphatic carbocycles. The summed E-state index contributed by atoms with van der Waals surface area (Å²) in [7, 11) is 0. The molecule has 1 fully saturated rings. The Hall–Kier alpha value is -3.86. The Morgan fingerprint density at radius 2 is 1.97 bits per heavy atom. The number of carboxylic acids is 1. The second-order valence-corrected chi connectivity index (χ2v) is 10.9. The molecule has 0 radical (unpaired) electrons. The van der Waals surface area contributed by atoms with Gasteiger partial charge in [-0.15, -0.1) is 28.0 Å². The fourth-order valence-corrected chi connectivity index (χ4v) is 5.42. The van der Waals surface area contributed by atoms with Crippen molar-refractivity contribution >= 4 is 63.9 Å². The SMILES string of the molecule is CC(=O)OCC1=C(C(=O)O)N2C(=O)[C@@H](NC(=O)C(N=O)C(=O)c3csc(NC(=O)OC(C)(C)C)n3)[C@@H]2SC1. The van der Waals surface area contributed by atoms with Crippen molar-refractivity contribution in [2.45, 2.75) is 50.8 Å². The summed E-state index contributed by atoms with van der Waals surface area (Å²) < 4.78 is 9.94. The smallest absolute Gasteiger partial charge is 0.413 e. The topological polar surface area (TPSA) is 211 Å². The summed E-state index contributed by atoms with van der Waals surface area (Å²) in [5.74, 6) is -4.98. The van der Waals surface area contributed by atoms with Crippen LogP contribution in [0.2, 0.25) is 0 Å². The number of β-lactam (4-membered cyclic amide) rings is 1. The first kappa shape index (κ1) is 28.7. The van der Waals surface area contributed by atoms with E-state index in [4.69, 9.17) is 9.47 Å². The van der Waals surface area contributed by atoms with Crippen molar-refractivity contribution in [3.05, 3.63) is 27.3 Å². The van der Waals surface area contributed by atoms with Crippen LogP contribution in [0.1, 0.15) is 38.2 Å². The maximum Gasteiger partial charge on any atom is 0.413 e. The number of hydrogen-bond donors (Lipinski definition) is 3.